The van der Waals surface area contributed by atoms with Crippen molar-refractivity contribution < 1.29 is 47.0 Å². The number of hydrogen-bond donors (Lipinski definition) is 4. The van der Waals surface area contributed by atoms with Gasteiger partial charge < -0.3 is 30.3 Å². The van der Waals surface area contributed by atoms with Crippen molar-refractivity contribution in [1.29, 1.82) is 0 Å². The molecule has 402 valence electrons. The first-order valence-corrected chi connectivity index (χ1v) is 25.7. The molecular weight excluding hydrogens is 1020 g/mol. The van der Waals surface area contributed by atoms with Crippen LogP contribution >= 0.6 is 11.6 Å². The zero-order valence-corrected chi connectivity index (χ0v) is 43.6. The number of piperidine rings is 1. The van der Waals surface area contributed by atoms with Crippen LogP contribution in [0.2, 0.25) is 5.02 Å². The fourth-order valence-electron chi connectivity index (χ4n) is 9.52. The number of halogens is 3. The van der Waals surface area contributed by atoms with E-state index in [1.54, 1.807) is 87.6 Å². The number of rotatable bonds is 17. The van der Waals surface area contributed by atoms with Crippen LogP contribution in [0.4, 0.5) is 30.9 Å². The third-order valence-corrected chi connectivity index (χ3v) is 13.7. The number of fused-ring (bicyclic) bond motifs is 4. The Bertz CT molecular complexity index is 3110. The molecule has 2 saturated heterocycles. The first kappa shape index (κ1) is 54.1. The third-order valence-electron chi connectivity index (χ3n) is 13.4. The number of aromatic nitrogens is 2. The monoisotopic (exact) mass is 1070 g/mol. The highest BCUT2D eigenvalue weighted by atomic mass is 35.5. The summed E-state index contributed by atoms with van der Waals surface area (Å²) in [7, 11) is 0. The molecule has 22 heteroatoms. The smallest absolute Gasteiger partial charge is 0.410 e. The van der Waals surface area contributed by atoms with Crippen LogP contribution < -0.4 is 21.3 Å². The normalized spacial score (nSPS) is 16.6. The van der Waals surface area contributed by atoms with Crippen molar-refractivity contribution in [3.8, 4) is 11.3 Å². The molecule has 4 aliphatic heterocycles. The predicted octanol–water partition coefficient (Wildman–Crippen LogP) is 6.17. The Morgan fingerprint density at radius 1 is 0.883 bits per heavy atom. The summed E-state index contributed by atoms with van der Waals surface area (Å²) in [5.74, 6) is -3.22. The summed E-state index contributed by atoms with van der Waals surface area (Å²) >= 11 is 6.37. The number of carbonyl (C=O) groups is 6. The number of benzene rings is 4. The molecule has 19 nitrogen and oxygen atoms in total. The van der Waals surface area contributed by atoms with Crippen LogP contribution in [0, 0.1) is 11.6 Å². The van der Waals surface area contributed by atoms with E-state index in [0.29, 0.717) is 81.7 Å². The lowest BCUT2D eigenvalue weighted by Crippen LogP contribution is -2.52. The molecule has 1 atom stereocenters. The lowest BCUT2D eigenvalue weighted by atomic mass is 9.95. The number of ether oxygens (including phenoxy) is 2. The first-order chi connectivity index (χ1) is 37.0. The Labute approximate surface area is 448 Å². The van der Waals surface area contributed by atoms with Crippen molar-refractivity contribution in [2.75, 3.05) is 82.8 Å². The van der Waals surface area contributed by atoms with Crippen LogP contribution in [-0.4, -0.2) is 155 Å². The number of imide groups is 1. The zero-order chi connectivity index (χ0) is 54.4. The van der Waals surface area contributed by atoms with E-state index in [9.17, 15) is 37.5 Å². The van der Waals surface area contributed by atoms with Gasteiger partial charge in [0.25, 0.3) is 11.8 Å². The van der Waals surface area contributed by atoms with E-state index in [0.717, 1.165) is 26.2 Å². The average Bonchev–Trinajstić information content (AvgIpc) is 3.65. The summed E-state index contributed by atoms with van der Waals surface area (Å²) in [6.45, 7) is 10.6. The molecule has 2 fully saturated rings. The van der Waals surface area contributed by atoms with Crippen molar-refractivity contribution in [2.45, 2.75) is 58.3 Å². The minimum atomic E-state index is -0.815. The van der Waals surface area contributed by atoms with Gasteiger partial charge in [0.1, 0.15) is 29.8 Å². The van der Waals surface area contributed by atoms with Crippen LogP contribution in [0.5, 0.6) is 0 Å². The molecule has 9 rings (SSSR count). The second-order valence-corrected chi connectivity index (χ2v) is 20.4. The Hall–Kier alpha value is -7.72. The van der Waals surface area contributed by atoms with E-state index >= 15 is 0 Å². The van der Waals surface area contributed by atoms with Crippen molar-refractivity contribution in [3.05, 3.63) is 135 Å². The second kappa shape index (κ2) is 23.7. The molecule has 4 N–H and O–H groups in total. The summed E-state index contributed by atoms with van der Waals surface area (Å²) in [6, 6.07) is 19.7. The van der Waals surface area contributed by atoms with Crippen LogP contribution in [0.15, 0.2) is 90.1 Å². The molecule has 0 spiro atoms. The molecule has 1 unspecified atom stereocenters. The predicted molar refractivity (Wildman–Crippen MR) is 283 cm³/mol. The van der Waals surface area contributed by atoms with Crippen LogP contribution in [-0.2, 0) is 36.9 Å². The summed E-state index contributed by atoms with van der Waals surface area (Å²) in [5.41, 5.74) is 3.68. The van der Waals surface area contributed by atoms with Crippen LogP contribution in [0.1, 0.15) is 76.6 Å². The van der Waals surface area contributed by atoms with Gasteiger partial charge in [-0.3, -0.25) is 49.0 Å². The fourth-order valence-corrected chi connectivity index (χ4v) is 9.69. The van der Waals surface area contributed by atoms with Crippen molar-refractivity contribution >= 4 is 70.3 Å². The highest BCUT2D eigenvalue weighted by Crippen LogP contribution is 2.36. The number of nitrogens with one attached hydrogen (secondary N) is 4. The molecule has 77 heavy (non-hydrogen) atoms. The quantitative estimate of drug-likeness (QED) is 0.0606. The summed E-state index contributed by atoms with van der Waals surface area (Å²) in [4.78, 5) is 98.5. The number of piperazine rings is 1. The van der Waals surface area contributed by atoms with Gasteiger partial charge in [0.15, 0.2) is 0 Å². The molecule has 5 heterocycles. The minimum Gasteiger partial charge on any atom is -0.444 e. The number of nitrogens with zero attached hydrogens (tertiary/aromatic N) is 7. The largest absolute Gasteiger partial charge is 0.444 e. The number of hydrogen-bond acceptors (Lipinski definition) is 14. The lowest BCUT2D eigenvalue weighted by Gasteiger charge is -2.34. The van der Waals surface area contributed by atoms with E-state index in [2.05, 4.69) is 41.0 Å². The molecule has 4 aliphatic rings. The number of carbonyl (C=O) groups excluding carboxylic acids is 6. The third kappa shape index (κ3) is 13.1. The highest BCUT2D eigenvalue weighted by molar-refractivity contribution is 6.31. The summed E-state index contributed by atoms with van der Waals surface area (Å²) in [5, 5.41) is 11.7. The van der Waals surface area contributed by atoms with Gasteiger partial charge in [-0.1, -0.05) is 29.8 Å². The van der Waals surface area contributed by atoms with Gasteiger partial charge in [-0.05, 0) is 87.9 Å². The zero-order valence-electron chi connectivity index (χ0n) is 42.8. The fraction of sp³-hybridized carbons (Fsp3) is 0.364. The van der Waals surface area contributed by atoms with Crippen LogP contribution in [0.25, 0.3) is 11.3 Å². The minimum absolute atomic E-state index is 0.0740. The second-order valence-electron chi connectivity index (χ2n) is 20.0. The number of amides is 6. The molecule has 0 radical (unpaired) electrons. The Morgan fingerprint density at radius 2 is 1.61 bits per heavy atom. The van der Waals surface area contributed by atoms with E-state index < -0.39 is 41.2 Å². The maximum absolute atomic E-state index is 15.0. The van der Waals surface area contributed by atoms with Crippen molar-refractivity contribution in [1.82, 2.24) is 40.2 Å². The van der Waals surface area contributed by atoms with Gasteiger partial charge in [0.2, 0.25) is 23.7 Å². The van der Waals surface area contributed by atoms with E-state index in [-0.39, 0.29) is 80.6 Å². The maximum Gasteiger partial charge on any atom is 0.410 e. The SMILES string of the molecule is CC(C)(C)OC(=O)N(CCOCCN1CCN(CCNC(=O)c2ccc(Nc3ncc4c(n3)-c3ccc(Cl)cc3C(c3c(F)cccc3F)=NC4)cc2)CC1)CC(=O)Nc1cccc2c1CN(C1CCC(=O)NC1=O)C2=O. The van der Waals surface area contributed by atoms with Gasteiger partial charge in [-0.25, -0.2) is 23.5 Å². The van der Waals surface area contributed by atoms with Crippen molar-refractivity contribution in [3.63, 3.8) is 0 Å². The van der Waals surface area contributed by atoms with Gasteiger partial charge in [-0.15, -0.1) is 0 Å². The molecule has 1 aromatic heterocycles. The van der Waals surface area contributed by atoms with Crippen LogP contribution in [0.3, 0.4) is 0 Å². The van der Waals surface area contributed by atoms with E-state index in [4.69, 9.17) is 26.1 Å². The number of anilines is 3. The van der Waals surface area contributed by atoms with Gasteiger partial charge in [0.05, 0.1) is 36.7 Å². The topological polar surface area (TPSA) is 220 Å². The Morgan fingerprint density at radius 3 is 2.34 bits per heavy atom. The van der Waals surface area contributed by atoms with Crippen molar-refractivity contribution in [2.24, 2.45) is 4.99 Å². The first-order valence-electron chi connectivity index (χ1n) is 25.3. The van der Waals surface area contributed by atoms with E-state index in [1.165, 1.54) is 28.0 Å². The summed E-state index contributed by atoms with van der Waals surface area (Å²) < 4.78 is 41.5. The summed E-state index contributed by atoms with van der Waals surface area (Å²) in [6.07, 6.45) is 1.27. The van der Waals surface area contributed by atoms with Gasteiger partial charge >= 0.3 is 6.09 Å². The lowest BCUT2D eigenvalue weighted by molar-refractivity contribution is -0.137. The highest BCUT2D eigenvalue weighted by Gasteiger charge is 2.40. The molecule has 0 saturated carbocycles. The molecule has 0 aliphatic carbocycles. The molecule has 5 aromatic rings. The maximum atomic E-state index is 15.0. The number of aliphatic imine (C=N–C) groups is 1. The van der Waals surface area contributed by atoms with Gasteiger partial charge in [0, 0.05) is 121 Å². The molecular formula is C55H58ClF2N11O8. The van der Waals surface area contributed by atoms with E-state index in [1.807, 2.05) is 0 Å². The molecule has 0 bridgehead atoms. The Kier molecular flexibility index (Phi) is 16.6. The van der Waals surface area contributed by atoms with Gasteiger partial charge in [-0.2, -0.15) is 0 Å². The average molecular weight is 1070 g/mol. The molecule has 6 amide bonds. The molecule has 4 aromatic carbocycles. The standard InChI is InChI=1S/C55H58ClF2N11O8/c1-55(2,3)77-54(75)68(32-46(71)63-43-9-4-6-38-40(43)31-69(52(38)74)44-16-17-45(70)64-51(44)73)25-27-76-26-24-67-22-20-66(21-23-67)19-18-59-50(72)33-10-13-36(14-11-33)62-53-61-30-34-29-60-49(47-41(57)7-5-8-42(47)58)39-28-35(56)12-15-37(39)48(34)65-53/h4-15,28,30,44H,16-27,29,31-32H2,1-3H3,(H,59,72)(H,63,71)(H,61,62,65)(H,64,70,73). The Balaban J connectivity index is 0.693.